The summed E-state index contributed by atoms with van der Waals surface area (Å²) in [5.74, 6) is -2.67. The van der Waals surface area contributed by atoms with Crippen molar-refractivity contribution >= 4 is 51.2 Å². The van der Waals surface area contributed by atoms with Gasteiger partial charge in [-0.25, -0.2) is 0 Å². The van der Waals surface area contributed by atoms with E-state index in [1.807, 2.05) is 0 Å². The van der Waals surface area contributed by atoms with E-state index in [-0.39, 0.29) is 4.43 Å². The number of esters is 1. The van der Waals surface area contributed by atoms with Crippen molar-refractivity contribution in [1.82, 2.24) is 0 Å². The van der Waals surface area contributed by atoms with E-state index in [4.69, 9.17) is 0 Å². The molecular formula is C11H14F6I2O3. The molecular weight excluding hydrogens is 548 g/mol. The van der Waals surface area contributed by atoms with Crippen LogP contribution in [-0.2, 0) is 9.53 Å². The summed E-state index contributed by atoms with van der Waals surface area (Å²) in [4.78, 5) is 11.8. The second-order valence-corrected chi connectivity index (χ2v) is 8.31. The number of hydrogen-bond donors (Lipinski definition) is 1. The minimum atomic E-state index is -6.05. The topological polar surface area (TPSA) is 46.5 Å². The molecule has 0 fully saturated rings. The monoisotopic (exact) mass is 562 g/mol. The van der Waals surface area contributed by atoms with Crippen LogP contribution in [-0.4, -0.2) is 43.0 Å². The second kappa shape index (κ2) is 7.15. The Labute approximate surface area is 150 Å². The van der Waals surface area contributed by atoms with Crippen LogP contribution < -0.4 is 0 Å². The number of alkyl halides is 8. The van der Waals surface area contributed by atoms with Crippen molar-refractivity contribution in [3.8, 4) is 0 Å². The summed E-state index contributed by atoms with van der Waals surface area (Å²) in [6.45, 7) is 3.30. The highest BCUT2D eigenvalue weighted by molar-refractivity contribution is 14.1. The third-order valence-electron chi connectivity index (χ3n) is 2.79. The fourth-order valence-electron chi connectivity index (χ4n) is 1.48. The maximum atomic E-state index is 12.9. The normalized spacial score (nSPS) is 18.0. The first-order valence-corrected chi connectivity index (χ1v) is 8.44. The number of rotatable bonds is 5. The maximum absolute atomic E-state index is 12.9. The molecule has 22 heavy (non-hydrogen) atoms. The molecule has 11 heteroatoms. The average molecular weight is 562 g/mol. The van der Waals surface area contributed by atoms with E-state index in [2.05, 4.69) is 4.74 Å². The Balaban J connectivity index is 5.88. The Hall–Kier alpha value is 0.470. The van der Waals surface area contributed by atoms with Crippen molar-refractivity contribution in [1.29, 1.82) is 0 Å². The number of carbonyl (C=O) groups excluding carboxylic acids is 1. The third-order valence-corrected chi connectivity index (χ3v) is 6.60. The Morgan fingerprint density at radius 2 is 1.50 bits per heavy atom. The van der Waals surface area contributed by atoms with Crippen molar-refractivity contribution in [3.05, 3.63) is 0 Å². The maximum Gasteiger partial charge on any atom is 0.430 e. The van der Waals surface area contributed by atoms with Gasteiger partial charge < -0.3 is 9.84 Å². The molecule has 3 nitrogen and oxygen atoms in total. The fourth-order valence-corrected chi connectivity index (χ4v) is 1.92. The first-order valence-electron chi connectivity index (χ1n) is 5.84. The molecule has 0 saturated heterocycles. The lowest BCUT2D eigenvalue weighted by Gasteiger charge is -2.40. The molecule has 0 aliphatic heterocycles. The van der Waals surface area contributed by atoms with Crippen molar-refractivity contribution in [2.45, 2.75) is 48.3 Å². The van der Waals surface area contributed by atoms with Crippen LogP contribution in [0.15, 0.2) is 0 Å². The van der Waals surface area contributed by atoms with Gasteiger partial charge in [-0.3, -0.25) is 4.79 Å². The van der Waals surface area contributed by atoms with E-state index in [1.54, 1.807) is 45.2 Å². The second-order valence-electron chi connectivity index (χ2n) is 5.16. The minimum Gasteiger partial charge on any atom is -0.457 e. The van der Waals surface area contributed by atoms with Gasteiger partial charge in [0.25, 0.3) is 5.60 Å². The minimum absolute atomic E-state index is 0.103. The molecule has 0 saturated carbocycles. The number of hydrogen-bond acceptors (Lipinski definition) is 3. The number of aliphatic hydroxyl groups is 1. The third kappa shape index (κ3) is 4.51. The van der Waals surface area contributed by atoms with Gasteiger partial charge in [0, 0.05) is 4.43 Å². The van der Waals surface area contributed by atoms with Gasteiger partial charge in [-0.2, -0.15) is 26.3 Å². The highest BCUT2D eigenvalue weighted by Gasteiger charge is 2.76. The van der Waals surface area contributed by atoms with Crippen molar-refractivity contribution in [2.75, 3.05) is 4.43 Å². The van der Waals surface area contributed by atoms with E-state index in [0.717, 1.165) is 13.8 Å². The Morgan fingerprint density at radius 3 is 1.73 bits per heavy atom. The summed E-state index contributed by atoms with van der Waals surface area (Å²) < 4.78 is 80.5. The van der Waals surface area contributed by atoms with Gasteiger partial charge in [0.2, 0.25) is 0 Å². The Morgan fingerprint density at radius 1 is 1.14 bits per heavy atom. The number of ether oxygens (including phenoxy) is 1. The largest absolute Gasteiger partial charge is 0.457 e. The fraction of sp³-hybridized carbons (Fsp3) is 0.909. The summed E-state index contributed by atoms with van der Waals surface area (Å²) in [6, 6.07) is 0. The molecule has 0 spiro atoms. The molecule has 0 bridgehead atoms. The van der Waals surface area contributed by atoms with Crippen LogP contribution in [0.2, 0.25) is 0 Å². The molecule has 0 radical (unpaired) electrons. The van der Waals surface area contributed by atoms with Crippen LogP contribution in [0.3, 0.4) is 0 Å². The molecule has 0 aromatic carbocycles. The molecule has 132 valence electrons. The predicted molar refractivity (Wildman–Crippen MR) is 83.1 cm³/mol. The van der Waals surface area contributed by atoms with Crippen molar-refractivity contribution in [3.63, 3.8) is 0 Å². The average Bonchev–Trinajstić information content (AvgIpc) is 2.31. The van der Waals surface area contributed by atoms with Crippen LogP contribution in [0.4, 0.5) is 26.3 Å². The van der Waals surface area contributed by atoms with Crippen molar-refractivity contribution < 1.29 is 41.0 Å². The van der Waals surface area contributed by atoms with Gasteiger partial charge in [-0.1, -0.05) is 59.0 Å². The van der Waals surface area contributed by atoms with Gasteiger partial charge >= 0.3 is 18.3 Å². The molecule has 0 aliphatic carbocycles. The van der Waals surface area contributed by atoms with Crippen LogP contribution in [0.1, 0.15) is 20.8 Å². The predicted octanol–water partition coefficient (Wildman–Crippen LogP) is 4.04. The summed E-state index contributed by atoms with van der Waals surface area (Å²) in [5.41, 5.74) is -5.14. The van der Waals surface area contributed by atoms with Gasteiger partial charge in [-0.15, -0.1) is 0 Å². The quantitative estimate of drug-likeness (QED) is 0.239. The van der Waals surface area contributed by atoms with E-state index in [9.17, 15) is 36.2 Å². The van der Waals surface area contributed by atoms with Gasteiger partial charge in [0.1, 0.15) is 3.42 Å². The SMILES string of the molecule is CC(C)C(OC(=O)C(C)(I)CI)C(O)(C(F)(F)F)C(F)(F)F. The molecule has 0 heterocycles. The molecule has 2 unspecified atom stereocenters. The first-order chi connectivity index (χ1) is 9.52. The lowest BCUT2D eigenvalue weighted by Crippen LogP contribution is -2.67. The standard InChI is InChI=1S/C11H14F6I2O3/c1-5(2)6(22-7(20)8(3,19)4-18)9(21,10(12,13)14)11(15,16)17/h5-6,21H,4H2,1-3H3. The Bertz CT molecular complexity index is 392. The summed E-state index contributed by atoms with van der Waals surface area (Å²) >= 11 is 3.31. The van der Waals surface area contributed by atoms with Crippen LogP contribution in [0.25, 0.3) is 0 Å². The van der Waals surface area contributed by atoms with E-state index in [1.165, 1.54) is 6.92 Å². The van der Waals surface area contributed by atoms with Gasteiger partial charge in [0.15, 0.2) is 6.10 Å². The summed E-state index contributed by atoms with van der Waals surface area (Å²) in [7, 11) is 0. The van der Waals surface area contributed by atoms with E-state index in [0.29, 0.717) is 0 Å². The van der Waals surface area contributed by atoms with Crippen LogP contribution >= 0.6 is 45.2 Å². The molecule has 1 N–H and O–H groups in total. The lowest BCUT2D eigenvalue weighted by atomic mass is 9.87. The van der Waals surface area contributed by atoms with Crippen LogP contribution in [0.5, 0.6) is 0 Å². The zero-order chi connectivity index (χ0) is 18.1. The highest BCUT2D eigenvalue weighted by Crippen LogP contribution is 2.48. The Kier molecular flexibility index (Phi) is 7.30. The molecule has 0 aliphatic rings. The summed E-state index contributed by atoms with van der Waals surface area (Å²) in [5, 5.41) is 9.37. The first kappa shape index (κ1) is 22.5. The molecule has 0 aromatic rings. The van der Waals surface area contributed by atoms with E-state index < -0.39 is 39.4 Å². The number of halogens is 8. The molecule has 2 atom stereocenters. The van der Waals surface area contributed by atoms with Gasteiger partial charge in [0.05, 0.1) is 0 Å². The smallest absolute Gasteiger partial charge is 0.430 e. The zero-order valence-corrected chi connectivity index (χ0v) is 16.0. The number of carbonyl (C=O) groups is 1. The molecule has 0 aromatic heterocycles. The molecule has 0 amide bonds. The highest BCUT2D eigenvalue weighted by atomic mass is 127. The zero-order valence-electron chi connectivity index (χ0n) is 11.6. The lowest BCUT2D eigenvalue weighted by molar-refractivity contribution is -0.395. The summed E-state index contributed by atoms with van der Waals surface area (Å²) in [6.07, 6.45) is -14.9. The van der Waals surface area contributed by atoms with E-state index >= 15 is 0 Å². The van der Waals surface area contributed by atoms with Crippen molar-refractivity contribution in [2.24, 2.45) is 5.92 Å². The van der Waals surface area contributed by atoms with Gasteiger partial charge in [-0.05, 0) is 12.8 Å². The van der Waals surface area contributed by atoms with Crippen LogP contribution in [0, 0.1) is 5.92 Å². The molecule has 0 rings (SSSR count).